The molecule has 0 heterocycles. The van der Waals surface area contributed by atoms with Gasteiger partial charge in [0.1, 0.15) is 0 Å². The van der Waals surface area contributed by atoms with Gasteiger partial charge in [-0.1, -0.05) is 75.0 Å². The van der Waals surface area contributed by atoms with Gasteiger partial charge in [-0.3, -0.25) is 10.1 Å². The molecule has 6 aliphatic rings. The van der Waals surface area contributed by atoms with Crippen molar-refractivity contribution >= 4 is 5.97 Å². The minimum absolute atomic E-state index is 0.0102. The summed E-state index contributed by atoms with van der Waals surface area (Å²) in [5.41, 5.74) is 9.16. The summed E-state index contributed by atoms with van der Waals surface area (Å²) in [6.07, 6.45) is 21.6. The van der Waals surface area contributed by atoms with Crippen LogP contribution in [0.1, 0.15) is 159 Å². The van der Waals surface area contributed by atoms with Crippen LogP contribution < -0.4 is 0 Å². The third kappa shape index (κ3) is 6.05. The van der Waals surface area contributed by atoms with E-state index in [4.69, 9.17) is 9.62 Å². The Balaban J connectivity index is 1.12. The number of hydrogen-bond acceptors (Lipinski definition) is 4. The Morgan fingerprint density at radius 2 is 1.29 bits per heavy atom. The van der Waals surface area contributed by atoms with Crippen LogP contribution in [0, 0.1) is 51.2 Å². The summed E-state index contributed by atoms with van der Waals surface area (Å²) < 4.78 is 6.31. The van der Waals surface area contributed by atoms with Crippen molar-refractivity contribution in [2.24, 2.45) is 51.2 Å². The van der Waals surface area contributed by atoms with Crippen LogP contribution in [0.5, 0.6) is 0 Å². The summed E-state index contributed by atoms with van der Waals surface area (Å²) in [4.78, 5) is 19.6. The molecule has 0 aromatic carbocycles. The van der Waals surface area contributed by atoms with Gasteiger partial charge in [-0.2, -0.15) is 0 Å². The van der Waals surface area contributed by atoms with Gasteiger partial charge in [-0.25, -0.2) is 4.89 Å². The van der Waals surface area contributed by atoms with Crippen molar-refractivity contribution in [3.63, 3.8) is 0 Å². The van der Waals surface area contributed by atoms with Crippen LogP contribution >= 0.6 is 0 Å². The lowest BCUT2D eigenvalue weighted by Gasteiger charge is -2.61. The highest BCUT2D eigenvalue weighted by Crippen LogP contribution is 2.66. The second-order valence-electron chi connectivity index (χ2n) is 19.0. The SMILES string of the molecule is CC(C)=C1C=C2CCC3C(C)(C(=O)OCC(C)CC(OO)C4(C)CCCC5(C)C6CCC(=C(C)C)C=C6CCC45)CCCC3(C)C2CC1. The molecule has 0 spiro atoms. The van der Waals surface area contributed by atoms with Gasteiger partial charge in [-0.15, -0.1) is 0 Å². The van der Waals surface area contributed by atoms with E-state index in [-0.39, 0.29) is 34.2 Å². The maximum atomic E-state index is 14.1. The normalized spacial score (nSPS) is 40.6. The first kappa shape index (κ1) is 36.2. The first-order valence-electron chi connectivity index (χ1n) is 19.9. The van der Waals surface area contributed by atoms with Gasteiger partial charge in [-0.05, 0) is 170 Å². The van der Waals surface area contributed by atoms with Gasteiger partial charge in [0.2, 0.25) is 0 Å². The minimum Gasteiger partial charge on any atom is -0.465 e. The fourth-order valence-electron chi connectivity index (χ4n) is 13.1. The van der Waals surface area contributed by atoms with E-state index >= 15 is 0 Å². The minimum atomic E-state index is -0.433. The monoisotopic (exact) mass is 661 g/mol. The fraction of sp³-hybridized carbons (Fsp3) is 0.795. The second-order valence-corrected chi connectivity index (χ2v) is 19.0. The van der Waals surface area contributed by atoms with Crippen LogP contribution in [0.4, 0.5) is 0 Å². The number of carbonyl (C=O) groups excluding carboxylic acids is 1. The summed E-state index contributed by atoms with van der Waals surface area (Å²) in [6.45, 7) is 21.3. The van der Waals surface area contributed by atoms with Crippen LogP contribution in [0.2, 0.25) is 0 Å². The van der Waals surface area contributed by atoms with Gasteiger partial charge in [0.25, 0.3) is 0 Å². The molecule has 4 nitrogen and oxygen atoms in total. The van der Waals surface area contributed by atoms with Crippen molar-refractivity contribution in [2.75, 3.05) is 6.61 Å². The van der Waals surface area contributed by atoms with Crippen LogP contribution in [-0.4, -0.2) is 23.9 Å². The largest absolute Gasteiger partial charge is 0.465 e. The Hall–Kier alpha value is -1.65. The molecule has 1 N–H and O–H groups in total. The molecule has 4 saturated carbocycles. The van der Waals surface area contributed by atoms with Crippen molar-refractivity contribution in [3.8, 4) is 0 Å². The number of esters is 1. The van der Waals surface area contributed by atoms with E-state index in [2.05, 4.69) is 74.5 Å². The predicted octanol–water partition coefficient (Wildman–Crippen LogP) is 12.0. The van der Waals surface area contributed by atoms with Crippen molar-refractivity contribution in [1.29, 1.82) is 0 Å². The third-order valence-electron chi connectivity index (χ3n) is 15.8. The molecule has 0 aliphatic heterocycles. The van der Waals surface area contributed by atoms with Gasteiger partial charge in [0.05, 0.1) is 18.1 Å². The number of ether oxygens (including phenoxy) is 1. The van der Waals surface area contributed by atoms with E-state index in [1.165, 1.54) is 68.1 Å². The maximum Gasteiger partial charge on any atom is 0.312 e. The van der Waals surface area contributed by atoms with Crippen LogP contribution in [0.15, 0.2) is 45.6 Å². The Labute approximate surface area is 293 Å². The number of fused-ring (bicyclic) bond motifs is 6. The average molecular weight is 661 g/mol. The molecule has 6 aliphatic carbocycles. The number of hydrogen-bond donors (Lipinski definition) is 1. The van der Waals surface area contributed by atoms with E-state index < -0.39 is 5.41 Å². The molecule has 0 radical (unpaired) electrons. The Morgan fingerprint density at radius 1 is 0.771 bits per heavy atom. The van der Waals surface area contributed by atoms with Crippen molar-refractivity contribution in [1.82, 2.24) is 0 Å². The van der Waals surface area contributed by atoms with E-state index in [0.29, 0.717) is 36.7 Å². The molecule has 0 saturated heterocycles. The Bertz CT molecular complexity index is 1370. The molecule has 4 fully saturated rings. The molecule has 10 atom stereocenters. The van der Waals surface area contributed by atoms with E-state index in [1.54, 1.807) is 16.7 Å². The predicted molar refractivity (Wildman–Crippen MR) is 196 cm³/mol. The van der Waals surface area contributed by atoms with E-state index in [9.17, 15) is 10.1 Å². The van der Waals surface area contributed by atoms with Gasteiger partial charge >= 0.3 is 5.97 Å². The molecule has 4 heteroatoms. The average Bonchev–Trinajstić information content (AvgIpc) is 3.05. The lowest BCUT2D eigenvalue weighted by molar-refractivity contribution is -0.322. The van der Waals surface area contributed by atoms with Crippen molar-refractivity contribution < 1.29 is 19.7 Å². The van der Waals surface area contributed by atoms with Crippen molar-refractivity contribution in [3.05, 3.63) is 45.6 Å². The molecule has 0 amide bonds. The highest BCUT2D eigenvalue weighted by Gasteiger charge is 2.60. The third-order valence-corrected chi connectivity index (χ3v) is 15.8. The first-order valence-corrected chi connectivity index (χ1v) is 19.9. The Kier molecular flexibility index (Phi) is 10.2. The summed E-state index contributed by atoms with van der Waals surface area (Å²) in [7, 11) is 0. The molecule has 0 bridgehead atoms. The maximum absolute atomic E-state index is 14.1. The lowest BCUT2D eigenvalue weighted by Crippen LogP contribution is -2.55. The summed E-state index contributed by atoms with van der Waals surface area (Å²) in [5, 5.41) is 10.5. The molecule has 6 rings (SSSR count). The van der Waals surface area contributed by atoms with E-state index in [1.807, 2.05) is 0 Å². The summed E-state index contributed by atoms with van der Waals surface area (Å²) in [5.74, 6) is 2.22. The quantitative estimate of drug-likeness (QED) is 0.168. The highest BCUT2D eigenvalue weighted by molar-refractivity contribution is 5.77. The standard InChI is InChI=1S/C44H68O4/c1-28(2)31-12-16-35-33(25-31)14-18-37-41(35,6)20-10-22-43(37,8)39(48-46)24-30(5)27-47-40(45)44(9)23-11-21-42(7)36-17-13-32(29(3)4)26-34(36)15-19-38(42)44/h25-26,30,35-39,46H,10-24,27H2,1-9H3. The smallest absolute Gasteiger partial charge is 0.312 e. The summed E-state index contributed by atoms with van der Waals surface area (Å²) in [6, 6.07) is 0. The Morgan fingerprint density at radius 3 is 1.83 bits per heavy atom. The fourth-order valence-corrected chi connectivity index (χ4v) is 13.1. The zero-order valence-electron chi connectivity index (χ0n) is 32.1. The van der Waals surface area contributed by atoms with E-state index in [0.717, 1.165) is 38.5 Å². The van der Waals surface area contributed by atoms with Gasteiger partial charge in [0, 0.05) is 5.41 Å². The zero-order valence-corrected chi connectivity index (χ0v) is 32.1. The second kappa shape index (κ2) is 13.5. The molecule has 0 aromatic heterocycles. The van der Waals surface area contributed by atoms with Crippen LogP contribution in [0.25, 0.3) is 0 Å². The number of rotatable bonds is 7. The molecule has 0 aromatic rings. The molecule has 48 heavy (non-hydrogen) atoms. The molecular weight excluding hydrogens is 592 g/mol. The molecular formula is C44H68O4. The lowest BCUT2D eigenvalue weighted by atomic mass is 9.44. The topological polar surface area (TPSA) is 55.8 Å². The highest BCUT2D eigenvalue weighted by atomic mass is 17.1. The van der Waals surface area contributed by atoms with Crippen LogP contribution in [0.3, 0.4) is 0 Å². The summed E-state index contributed by atoms with van der Waals surface area (Å²) >= 11 is 0. The molecule has 10 unspecified atom stereocenters. The number of allylic oxidation sites excluding steroid dienone is 8. The molecule has 268 valence electrons. The van der Waals surface area contributed by atoms with Gasteiger partial charge in [0.15, 0.2) is 0 Å². The van der Waals surface area contributed by atoms with Gasteiger partial charge < -0.3 is 4.74 Å². The van der Waals surface area contributed by atoms with Crippen molar-refractivity contribution in [2.45, 2.75) is 165 Å². The number of carbonyl (C=O) groups is 1. The first-order chi connectivity index (χ1) is 22.7. The zero-order chi connectivity index (χ0) is 34.6. The van der Waals surface area contributed by atoms with Crippen LogP contribution in [-0.2, 0) is 14.4 Å².